The van der Waals surface area contributed by atoms with Gasteiger partial charge in [-0.05, 0) is 208 Å². The SMILES string of the molecule is C=C(C)CC1CCC[C@@H](CC(=O)OC)C1=C.C=C1C(CC=C(C)C)CCC[C@H]1CC(=O)O.C=C1C(CC=C(C)C)CCC[C@H]1CC(=O)OC.C=CCC1CC(C(C)(C)C)C[C@@H](CC(=O)O)C1=C.C=CCC1CCC[C@@H](CCC(=C)O)C1=C. The Bertz CT molecular complexity index is 2200. The van der Waals surface area contributed by atoms with Crippen LogP contribution in [0.5, 0.6) is 0 Å². The van der Waals surface area contributed by atoms with Gasteiger partial charge in [-0.1, -0.05) is 155 Å². The fourth-order valence-electron chi connectivity index (χ4n) is 12.8. The first-order chi connectivity index (χ1) is 38.5. The number of hydrogen-bond donors (Lipinski definition) is 3. The van der Waals surface area contributed by atoms with E-state index in [1.165, 1.54) is 99.0 Å². The van der Waals surface area contributed by atoms with Gasteiger partial charge >= 0.3 is 23.9 Å². The molecule has 0 aliphatic heterocycles. The zero-order valence-corrected chi connectivity index (χ0v) is 53.5. The minimum Gasteiger partial charge on any atom is -0.513 e. The Morgan fingerprint density at radius 2 is 0.793 bits per heavy atom. The normalized spacial score (nSPS) is 26.1. The lowest BCUT2D eigenvalue weighted by molar-refractivity contribution is -0.142. The zero-order chi connectivity index (χ0) is 62.3. The Hall–Kier alpha value is -5.18. The molecule has 5 aliphatic carbocycles. The standard InChI is InChI=1S/C16H26O2.C15H24O2.2C14H22O2.C14H22O/c1-6-7-12-8-14(16(3,4)5)9-13(11(12)2)10-15(17)18;1-11(2)8-9-13-6-5-7-14(12(13)3)10-15(16)17-4;1-10(2)8-12-6-5-7-13(11(12)3)9-14(15)16-4;1-10(2)7-8-12-5-4-6-13(11(12)3)9-14(15)16;1-4-6-13-7-5-8-14(12(13)3)10-9-11(2)15/h6,12-14H,1-2,7-10H2,3-5H3,(H,17,18);8,13-14H,3,5-7,9-10H2,1-2,4H3;12-13H,1,3,5-9H2,2,4H3;7,12-13H,3-6,8-9H2,1-2H3,(H,15,16);4,13-15H,1-3,5-10H2/t12?,13-,14?;13?,14-;2*12?,13-;13?,14-/m00000/s1. The minimum atomic E-state index is -0.715. The Balaban J connectivity index is 0.000000513. The molecule has 0 spiro atoms. The maximum Gasteiger partial charge on any atom is 0.306 e. The van der Waals surface area contributed by atoms with E-state index >= 15 is 0 Å². The van der Waals surface area contributed by atoms with Gasteiger partial charge in [0.05, 0.1) is 45.7 Å². The Kier molecular flexibility index (Phi) is 35.9. The van der Waals surface area contributed by atoms with Gasteiger partial charge in [0.2, 0.25) is 0 Å². The summed E-state index contributed by atoms with van der Waals surface area (Å²) >= 11 is 0. The fourth-order valence-corrected chi connectivity index (χ4v) is 12.8. The Morgan fingerprint density at radius 3 is 1.16 bits per heavy atom. The number of aliphatic carboxylic acids is 2. The van der Waals surface area contributed by atoms with Crippen LogP contribution in [0.3, 0.4) is 0 Å². The van der Waals surface area contributed by atoms with Gasteiger partial charge < -0.3 is 24.8 Å². The number of methoxy groups -OCH3 is 2. The van der Waals surface area contributed by atoms with Crippen LogP contribution in [-0.4, -0.2) is 53.4 Å². The molecule has 11 atom stereocenters. The van der Waals surface area contributed by atoms with Crippen LogP contribution >= 0.6 is 0 Å². The molecule has 0 heterocycles. The van der Waals surface area contributed by atoms with E-state index in [1.54, 1.807) is 0 Å². The van der Waals surface area contributed by atoms with Gasteiger partial charge in [0, 0.05) is 6.42 Å². The molecule has 0 amide bonds. The van der Waals surface area contributed by atoms with Crippen LogP contribution in [0.15, 0.2) is 134 Å². The second-order valence-corrected chi connectivity index (χ2v) is 26.2. The van der Waals surface area contributed by atoms with Crippen molar-refractivity contribution in [1.82, 2.24) is 0 Å². The number of esters is 2. The highest BCUT2D eigenvalue weighted by Gasteiger charge is 2.38. The zero-order valence-electron chi connectivity index (χ0n) is 53.5. The third-order valence-corrected chi connectivity index (χ3v) is 18.1. The number of carboxylic acids is 2. The van der Waals surface area contributed by atoms with Crippen molar-refractivity contribution in [2.45, 2.75) is 216 Å². The van der Waals surface area contributed by atoms with E-state index in [0.29, 0.717) is 78.3 Å². The van der Waals surface area contributed by atoms with Crippen molar-refractivity contribution in [3.63, 3.8) is 0 Å². The van der Waals surface area contributed by atoms with Gasteiger partial charge in [-0.3, -0.25) is 19.2 Å². The molecular formula is C73H116O9. The second-order valence-electron chi connectivity index (χ2n) is 26.2. The molecule has 0 aromatic rings. The first-order valence-electron chi connectivity index (χ1n) is 31.0. The van der Waals surface area contributed by atoms with E-state index in [1.807, 2.05) is 12.2 Å². The number of carboxylic acid groups (broad SMARTS) is 2. The van der Waals surface area contributed by atoms with Crippen LogP contribution in [0.4, 0.5) is 0 Å². The Morgan fingerprint density at radius 1 is 0.476 bits per heavy atom. The molecule has 6 unspecified atom stereocenters. The minimum absolute atomic E-state index is 0.112. The average molecular weight is 1140 g/mol. The van der Waals surface area contributed by atoms with Crippen molar-refractivity contribution in [3.8, 4) is 0 Å². The number of hydrogen-bond acceptors (Lipinski definition) is 7. The molecule has 0 aromatic heterocycles. The quantitative estimate of drug-likeness (QED) is 0.0580. The van der Waals surface area contributed by atoms with Crippen molar-refractivity contribution in [3.05, 3.63) is 134 Å². The van der Waals surface area contributed by atoms with Gasteiger partial charge in [0.1, 0.15) is 0 Å². The predicted molar refractivity (Wildman–Crippen MR) is 344 cm³/mol. The van der Waals surface area contributed by atoms with Crippen molar-refractivity contribution in [2.24, 2.45) is 70.5 Å². The second kappa shape index (κ2) is 39.4. The molecule has 5 rings (SSSR count). The first kappa shape index (κ1) is 74.8. The van der Waals surface area contributed by atoms with E-state index < -0.39 is 11.9 Å². The monoisotopic (exact) mass is 1140 g/mol. The fraction of sp³-hybridized carbons (Fsp3) is 0.644. The lowest BCUT2D eigenvalue weighted by Crippen LogP contribution is -2.33. The summed E-state index contributed by atoms with van der Waals surface area (Å²) in [6.45, 7) is 53.2. The summed E-state index contributed by atoms with van der Waals surface area (Å²) in [6, 6.07) is 0. The number of aliphatic hydroxyl groups excluding tert-OH is 1. The van der Waals surface area contributed by atoms with Crippen molar-refractivity contribution in [1.29, 1.82) is 0 Å². The molecule has 3 N–H and O–H groups in total. The van der Waals surface area contributed by atoms with Crippen LogP contribution in [-0.2, 0) is 28.7 Å². The number of ether oxygens (including phenoxy) is 2. The highest BCUT2D eigenvalue weighted by molar-refractivity contribution is 5.70. The van der Waals surface area contributed by atoms with Crippen molar-refractivity contribution >= 4 is 23.9 Å². The molecule has 5 aliphatic rings. The average Bonchev–Trinajstić information content (AvgIpc) is 3.40. The van der Waals surface area contributed by atoms with E-state index in [9.17, 15) is 19.2 Å². The molecular weight excluding hydrogens is 1020 g/mol. The first-order valence-corrected chi connectivity index (χ1v) is 31.0. The van der Waals surface area contributed by atoms with Gasteiger partial charge in [-0.15, -0.1) is 19.7 Å². The maximum absolute atomic E-state index is 11.3. The summed E-state index contributed by atoms with van der Waals surface area (Å²) < 4.78 is 9.46. The summed E-state index contributed by atoms with van der Waals surface area (Å²) in [6.07, 6.45) is 32.7. The third-order valence-electron chi connectivity index (χ3n) is 18.1. The number of rotatable bonds is 21. The van der Waals surface area contributed by atoms with Gasteiger partial charge in [0.15, 0.2) is 0 Å². The van der Waals surface area contributed by atoms with Crippen LogP contribution < -0.4 is 0 Å². The highest BCUT2D eigenvalue weighted by Crippen LogP contribution is 2.47. The molecule has 5 saturated carbocycles. The number of allylic oxidation sites excluding steroid dienone is 13. The van der Waals surface area contributed by atoms with Crippen molar-refractivity contribution < 1.29 is 44.0 Å². The van der Waals surface area contributed by atoms with Crippen LogP contribution in [0.25, 0.3) is 0 Å². The summed E-state index contributed by atoms with van der Waals surface area (Å²) in [5.41, 5.74) is 10.2. The summed E-state index contributed by atoms with van der Waals surface area (Å²) in [7, 11) is 2.90. The van der Waals surface area contributed by atoms with E-state index in [4.69, 9.17) is 24.8 Å². The number of carbonyl (C=O) groups is 4. The summed E-state index contributed by atoms with van der Waals surface area (Å²) in [5, 5.41) is 27.0. The molecule has 9 nitrogen and oxygen atoms in total. The van der Waals surface area contributed by atoms with Crippen LogP contribution in [0.2, 0.25) is 0 Å². The number of carbonyl (C=O) groups excluding carboxylic acids is 2. The van der Waals surface area contributed by atoms with E-state index in [2.05, 4.69) is 127 Å². The van der Waals surface area contributed by atoms with E-state index in [-0.39, 0.29) is 42.0 Å². The molecule has 462 valence electrons. The Labute approximate surface area is 500 Å². The largest absolute Gasteiger partial charge is 0.513 e. The lowest BCUT2D eigenvalue weighted by Gasteiger charge is -2.42. The highest BCUT2D eigenvalue weighted by atomic mass is 16.5. The summed E-state index contributed by atoms with van der Waals surface area (Å²) in [4.78, 5) is 44.3. The van der Waals surface area contributed by atoms with Crippen LogP contribution in [0.1, 0.15) is 216 Å². The molecule has 0 radical (unpaired) electrons. The lowest BCUT2D eigenvalue weighted by atomic mass is 9.63. The molecule has 0 bridgehead atoms. The number of aliphatic hydroxyl groups is 1. The molecule has 0 saturated heterocycles. The maximum atomic E-state index is 11.3. The third kappa shape index (κ3) is 29.4. The topological polar surface area (TPSA) is 147 Å². The molecule has 5 fully saturated rings. The van der Waals surface area contributed by atoms with Crippen LogP contribution in [0, 0.1) is 70.5 Å². The molecule has 9 heteroatoms. The van der Waals surface area contributed by atoms with Gasteiger partial charge in [-0.25, -0.2) is 0 Å². The van der Waals surface area contributed by atoms with Gasteiger partial charge in [0.25, 0.3) is 0 Å². The molecule has 0 aromatic carbocycles. The predicted octanol–water partition coefficient (Wildman–Crippen LogP) is 19.8. The van der Waals surface area contributed by atoms with Gasteiger partial charge in [-0.2, -0.15) is 0 Å². The van der Waals surface area contributed by atoms with Crippen molar-refractivity contribution in [2.75, 3.05) is 14.2 Å². The molecule has 82 heavy (non-hydrogen) atoms. The smallest absolute Gasteiger partial charge is 0.306 e. The van der Waals surface area contributed by atoms with E-state index in [0.717, 1.165) is 88.2 Å². The summed E-state index contributed by atoms with van der Waals surface area (Å²) in [5.74, 6) is 3.34.